The Balaban J connectivity index is 1.99. The fourth-order valence-electron chi connectivity index (χ4n) is 1.92. The summed E-state index contributed by atoms with van der Waals surface area (Å²) < 4.78 is 0. The first-order chi connectivity index (χ1) is 10.1. The van der Waals surface area contributed by atoms with E-state index in [-0.39, 0.29) is 17.9 Å². The molecule has 0 saturated carbocycles. The summed E-state index contributed by atoms with van der Waals surface area (Å²) in [5.41, 5.74) is 2.12. The summed E-state index contributed by atoms with van der Waals surface area (Å²) in [7, 11) is 0. The van der Waals surface area contributed by atoms with E-state index >= 15 is 0 Å². The second-order valence-corrected chi connectivity index (χ2v) is 4.74. The van der Waals surface area contributed by atoms with E-state index in [0.29, 0.717) is 11.3 Å². The Labute approximate surface area is 123 Å². The number of Topliss-reactive ketones (excluding diaryl/α,β-unsaturated/α-hetero) is 1. The Morgan fingerprint density at radius 2 is 1.86 bits per heavy atom. The Morgan fingerprint density at radius 1 is 1.14 bits per heavy atom. The normalized spacial score (nSPS) is 11.5. The van der Waals surface area contributed by atoms with Gasteiger partial charge in [-0.15, -0.1) is 0 Å². The number of benzene rings is 1. The molecule has 5 nitrogen and oxygen atoms in total. The van der Waals surface area contributed by atoms with Gasteiger partial charge in [-0.2, -0.15) is 0 Å². The minimum Gasteiger partial charge on any atom is -0.331 e. The van der Waals surface area contributed by atoms with E-state index in [4.69, 9.17) is 0 Å². The van der Waals surface area contributed by atoms with Gasteiger partial charge in [-0.25, -0.2) is 4.79 Å². The number of pyridine rings is 1. The van der Waals surface area contributed by atoms with E-state index in [9.17, 15) is 9.59 Å². The second-order valence-electron chi connectivity index (χ2n) is 4.74. The molecule has 2 amide bonds. The molecule has 0 aliphatic carbocycles. The van der Waals surface area contributed by atoms with Gasteiger partial charge in [-0.05, 0) is 43.7 Å². The lowest BCUT2D eigenvalue weighted by molar-refractivity contribution is 0.101. The predicted molar refractivity (Wildman–Crippen MR) is 81.3 cm³/mol. The number of amides is 2. The maximum atomic E-state index is 12.0. The minimum absolute atomic E-state index is 0.0378. The van der Waals surface area contributed by atoms with Crippen LogP contribution >= 0.6 is 0 Å². The average molecular weight is 283 g/mol. The molecular weight excluding hydrogens is 266 g/mol. The lowest BCUT2D eigenvalue weighted by Gasteiger charge is -2.15. The van der Waals surface area contributed by atoms with Gasteiger partial charge in [0, 0.05) is 23.6 Å². The first-order valence-corrected chi connectivity index (χ1v) is 6.64. The lowest BCUT2D eigenvalue weighted by Crippen LogP contribution is -2.31. The monoisotopic (exact) mass is 283 g/mol. The van der Waals surface area contributed by atoms with Crippen LogP contribution < -0.4 is 10.6 Å². The molecule has 21 heavy (non-hydrogen) atoms. The van der Waals surface area contributed by atoms with Crippen molar-refractivity contribution in [2.45, 2.75) is 19.9 Å². The van der Waals surface area contributed by atoms with Crippen LogP contribution in [-0.2, 0) is 0 Å². The zero-order valence-corrected chi connectivity index (χ0v) is 12.0. The number of nitrogens with zero attached hydrogens (tertiary/aromatic N) is 1. The molecule has 1 heterocycles. The number of hydrogen-bond donors (Lipinski definition) is 2. The van der Waals surface area contributed by atoms with Gasteiger partial charge >= 0.3 is 6.03 Å². The molecule has 0 unspecified atom stereocenters. The smallest absolute Gasteiger partial charge is 0.319 e. The topological polar surface area (TPSA) is 71.1 Å². The molecule has 5 heteroatoms. The summed E-state index contributed by atoms with van der Waals surface area (Å²) >= 11 is 0. The van der Waals surface area contributed by atoms with Crippen molar-refractivity contribution in [1.82, 2.24) is 10.3 Å². The molecule has 2 N–H and O–H groups in total. The highest BCUT2D eigenvalue weighted by molar-refractivity contribution is 5.96. The molecule has 1 aromatic carbocycles. The van der Waals surface area contributed by atoms with Gasteiger partial charge in [0.25, 0.3) is 0 Å². The number of rotatable bonds is 4. The van der Waals surface area contributed by atoms with E-state index in [2.05, 4.69) is 15.6 Å². The third-order valence-electron chi connectivity index (χ3n) is 3.08. The van der Waals surface area contributed by atoms with Gasteiger partial charge in [-0.1, -0.05) is 12.1 Å². The van der Waals surface area contributed by atoms with Crippen molar-refractivity contribution in [1.29, 1.82) is 0 Å². The molecule has 0 spiro atoms. The second kappa shape index (κ2) is 6.65. The van der Waals surface area contributed by atoms with Crippen molar-refractivity contribution < 1.29 is 9.59 Å². The van der Waals surface area contributed by atoms with E-state index in [1.807, 2.05) is 19.1 Å². The van der Waals surface area contributed by atoms with Gasteiger partial charge in [0.05, 0.1) is 6.04 Å². The minimum atomic E-state index is -0.319. The summed E-state index contributed by atoms with van der Waals surface area (Å²) in [5, 5.41) is 5.55. The molecule has 1 atom stereocenters. The maximum Gasteiger partial charge on any atom is 0.319 e. The molecule has 0 radical (unpaired) electrons. The largest absolute Gasteiger partial charge is 0.331 e. The molecule has 0 aliphatic rings. The van der Waals surface area contributed by atoms with Crippen molar-refractivity contribution >= 4 is 17.5 Å². The van der Waals surface area contributed by atoms with Gasteiger partial charge in [0.15, 0.2) is 5.78 Å². The van der Waals surface area contributed by atoms with Crippen molar-refractivity contribution in [2.24, 2.45) is 0 Å². The summed E-state index contributed by atoms with van der Waals surface area (Å²) in [4.78, 5) is 27.2. The Morgan fingerprint density at radius 3 is 2.52 bits per heavy atom. The van der Waals surface area contributed by atoms with Crippen molar-refractivity contribution in [3.8, 4) is 0 Å². The molecule has 0 bridgehead atoms. The van der Waals surface area contributed by atoms with Crippen LogP contribution in [0, 0.1) is 0 Å². The molecule has 0 saturated heterocycles. The third kappa shape index (κ3) is 4.14. The van der Waals surface area contributed by atoms with Crippen LogP contribution in [0.5, 0.6) is 0 Å². The van der Waals surface area contributed by atoms with E-state index < -0.39 is 0 Å². The molecule has 2 rings (SSSR count). The first kappa shape index (κ1) is 14.7. The lowest BCUT2D eigenvalue weighted by atomic mass is 10.1. The number of nitrogens with one attached hydrogen (secondary N) is 2. The zero-order valence-electron chi connectivity index (χ0n) is 12.0. The maximum absolute atomic E-state index is 12.0. The molecule has 2 aromatic rings. The van der Waals surface area contributed by atoms with Gasteiger partial charge in [-0.3, -0.25) is 9.78 Å². The number of ketones is 1. The van der Waals surface area contributed by atoms with Gasteiger partial charge in [0.1, 0.15) is 0 Å². The molecule has 0 aliphatic heterocycles. The Bertz CT molecular complexity index is 641. The van der Waals surface area contributed by atoms with Crippen LogP contribution in [0.4, 0.5) is 10.5 Å². The summed E-state index contributed by atoms with van der Waals surface area (Å²) in [6.45, 7) is 3.38. The number of anilines is 1. The Hall–Kier alpha value is -2.69. The van der Waals surface area contributed by atoms with Crippen LogP contribution in [0.25, 0.3) is 0 Å². The van der Waals surface area contributed by atoms with Crippen molar-refractivity contribution in [2.75, 3.05) is 5.32 Å². The third-order valence-corrected chi connectivity index (χ3v) is 3.08. The van der Waals surface area contributed by atoms with Crippen molar-refractivity contribution in [3.63, 3.8) is 0 Å². The number of aromatic nitrogens is 1. The Kier molecular flexibility index (Phi) is 4.66. The highest BCUT2D eigenvalue weighted by Crippen LogP contribution is 2.13. The van der Waals surface area contributed by atoms with E-state index in [1.165, 1.54) is 6.92 Å². The number of carbonyl (C=O) groups is 2. The van der Waals surface area contributed by atoms with Crippen LogP contribution in [0.2, 0.25) is 0 Å². The number of urea groups is 1. The van der Waals surface area contributed by atoms with Crippen LogP contribution in [0.1, 0.15) is 35.8 Å². The van der Waals surface area contributed by atoms with Crippen LogP contribution in [-0.4, -0.2) is 16.8 Å². The summed E-state index contributed by atoms with van der Waals surface area (Å²) in [6.07, 6.45) is 3.36. The summed E-state index contributed by atoms with van der Waals surface area (Å²) in [6, 6.07) is 10.1. The molecule has 108 valence electrons. The van der Waals surface area contributed by atoms with Gasteiger partial charge < -0.3 is 10.6 Å². The zero-order chi connectivity index (χ0) is 15.2. The fourth-order valence-corrected chi connectivity index (χ4v) is 1.92. The molecule has 1 aromatic heterocycles. The molecular formula is C16H17N3O2. The highest BCUT2D eigenvalue weighted by Gasteiger charge is 2.09. The number of hydrogen-bond acceptors (Lipinski definition) is 3. The van der Waals surface area contributed by atoms with Crippen LogP contribution in [0.15, 0.2) is 48.8 Å². The number of carbonyl (C=O) groups excluding carboxylic acids is 2. The highest BCUT2D eigenvalue weighted by atomic mass is 16.2. The van der Waals surface area contributed by atoms with Crippen molar-refractivity contribution in [3.05, 3.63) is 59.9 Å². The molecule has 0 fully saturated rings. The summed E-state index contributed by atoms with van der Waals surface area (Å²) in [5.74, 6) is -0.0378. The average Bonchev–Trinajstić information content (AvgIpc) is 2.48. The fraction of sp³-hybridized carbons (Fsp3) is 0.188. The van der Waals surface area contributed by atoms with Crippen LogP contribution in [0.3, 0.4) is 0 Å². The first-order valence-electron chi connectivity index (χ1n) is 6.64. The van der Waals surface area contributed by atoms with E-state index in [1.54, 1.807) is 36.7 Å². The quantitative estimate of drug-likeness (QED) is 0.847. The van der Waals surface area contributed by atoms with E-state index in [0.717, 1.165) is 5.56 Å². The standard InChI is InChI=1S/C16H17N3O2/c1-11(13-6-8-17-9-7-13)18-16(21)19-15-5-3-4-14(10-15)12(2)20/h3-11H,1-2H3,(H2,18,19,21)/t11-/m1/s1. The predicted octanol–water partition coefficient (Wildman–Crippen LogP) is 3.17. The SMILES string of the molecule is CC(=O)c1cccc(NC(=O)N[C@H](C)c2ccncc2)c1. The van der Waals surface area contributed by atoms with Gasteiger partial charge in [0.2, 0.25) is 0 Å².